The van der Waals surface area contributed by atoms with E-state index in [1.807, 2.05) is 4.57 Å². The third-order valence-corrected chi connectivity index (χ3v) is 11.3. The fraction of sp³-hybridized carbons (Fsp3) is 0.400. The molecule has 0 bridgehead atoms. The topological polar surface area (TPSA) is 169 Å². The molecule has 6 aromatic rings. The smallest absolute Gasteiger partial charge is 0.266 e. The largest absolute Gasteiger partial charge is 0.382 e. The van der Waals surface area contributed by atoms with Gasteiger partial charge in [0.15, 0.2) is 40.9 Å². The van der Waals surface area contributed by atoms with Crippen molar-refractivity contribution in [3.63, 3.8) is 0 Å². The van der Waals surface area contributed by atoms with Crippen molar-refractivity contribution < 1.29 is 19.1 Å². The van der Waals surface area contributed by atoms with Crippen molar-refractivity contribution in [1.29, 1.82) is 0 Å². The highest BCUT2D eigenvalue weighted by Crippen LogP contribution is 2.41. The van der Waals surface area contributed by atoms with Crippen LogP contribution in [0.25, 0.3) is 22.3 Å². The molecule has 296 valence electrons. The lowest BCUT2D eigenvalue weighted by Crippen LogP contribution is -2.38. The summed E-state index contributed by atoms with van der Waals surface area (Å²) in [7, 11) is 0. The highest BCUT2D eigenvalue weighted by atomic mass is 35.5. The first kappa shape index (κ1) is 42.1. The molecule has 8 atom stereocenters. The number of aromatic nitrogens is 8. The number of imidazole rings is 2. The maximum absolute atomic E-state index is 13.6. The first-order chi connectivity index (χ1) is 26.1. The Balaban J connectivity index is 0.000000242. The summed E-state index contributed by atoms with van der Waals surface area (Å²) in [5.41, 5.74) is 8.47. The van der Waals surface area contributed by atoms with Gasteiger partial charge in [0.05, 0.1) is 35.6 Å². The van der Waals surface area contributed by atoms with Gasteiger partial charge in [-0.05, 0) is 37.1 Å². The molecule has 6 heterocycles. The lowest BCUT2D eigenvalue weighted by molar-refractivity contribution is -0.00249. The second-order valence-corrected chi connectivity index (χ2v) is 14.3. The molecular formula is C40H48Cl2N10O4. The Bertz CT molecular complexity index is 2200. The summed E-state index contributed by atoms with van der Waals surface area (Å²) in [5.74, 6) is -0.134. The Hall–Kier alpha value is -5.02. The quantitative estimate of drug-likeness (QED) is 0.122. The van der Waals surface area contributed by atoms with Gasteiger partial charge in [-0.2, -0.15) is 0 Å². The molecular weight excluding hydrogens is 755 g/mol. The van der Waals surface area contributed by atoms with Gasteiger partial charge in [0.1, 0.15) is 18.2 Å². The molecule has 56 heavy (non-hydrogen) atoms. The van der Waals surface area contributed by atoms with Crippen LogP contribution >= 0.6 is 23.2 Å². The monoisotopic (exact) mass is 802 g/mol. The van der Waals surface area contributed by atoms with E-state index >= 15 is 0 Å². The zero-order chi connectivity index (χ0) is 38.1. The molecule has 0 aliphatic carbocycles. The second-order valence-electron chi connectivity index (χ2n) is 13.3. The van der Waals surface area contributed by atoms with Gasteiger partial charge in [-0.1, -0.05) is 78.9 Å². The number of hydrogen-bond donors (Lipinski definition) is 1. The van der Waals surface area contributed by atoms with Crippen molar-refractivity contribution in [1.82, 2.24) is 39.0 Å². The third-order valence-electron chi connectivity index (χ3n) is 10.1. The molecule has 0 radical (unpaired) electrons. The van der Waals surface area contributed by atoms with Gasteiger partial charge in [-0.15, -0.1) is 23.2 Å². The molecule has 0 saturated carbocycles. The number of anilines is 2. The van der Waals surface area contributed by atoms with Gasteiger partial charge in [0.25, 0.3) is 11.8 Å². The van der Waals surface area contributed by atoms with Crippen LogP contribution in [0.2, 0.25) is 0 Å². The minimum Gasteiger partial charge on any atom is -0.382 e. The zero-order valence-corrected chi connectivity index (χ0v) is 31.6. The van der Waals surface area contributed by atoms with Crippen LogP contribution in [0.3, 0.4) is 0 Å². The predicted octanol–water partition coefficient (Wildman–Crippen LogP) is 8.10. The zero-order valence-electron chi connectivity index (χ0n) is 30.1. The summed E-state index contributed by atoms with van der Waals surface area (Å²) in [6.07, 6.45) is 7.18. The molecule has 8 rings (SSSR count). The third kappa shape index (κ3) is 7.70. The molecule has 2 aliphatic heterocycles. The number of nitrogens with two attached hydrogens (primary N) is 1. The van der Waals surface area contributed by atoms with E-state index in [9.17, 15) is 9.59 Å². The number of amides is 2. The Morgan fingerprint density at radius 2 is 1.11 bits per heavy atom. The summed E-state index contributed by atoms with van der Waals surface area (Å²) >= 11 is 13.2. The van der Waals surface area contributed by atoms with E-state index in [1.165, 1.54) is 12.7 Å². The highest BCUT2D eigenvalue weighted by Gasteiger charge is 2.43. The average molecular weight is 804 g/mol. The number of rotatable bonds is 7. The fourth-order valence-electron chi connectivity index (χ4n) is 7.01. The number of nitrogen functional groups attached to an aromatic ring is 1. The van der Waals surface area contributed by atoms with Crippen LogP contribution in [0.1, 0.15) is 88.6 Å². The molecule has 2 N–H and O–H groups in total. The molecule has 2 aromatic carbocycles. The standard InChI is InChI=1S/C26H24ClN5O3.C12H16ClN5O.2CH4/c1-3-19-16(2)20(27)26(35-19)31-15-30-21-22(31)28-14-29-23(21)32(24(33)17-10-6-4-7-11-17)25(34)18-12-8-5-9-13-18;1-3-7-6(2)8(13)12(19-7)18-5-17-9-10(14)15-4-16-11(9)18;;/h4-16,19-20,26H,3H2,1-2H3;4-8,12H,3H2,1-2H3,(H2,14,15,16);2*1H4/t16-,19-,20-,26-;6-,7-,8-,12-;;/m11../s1. The Morgan fingerprint density at radius 3 is 1.55 bits per heavy atom. The maximum Gasteiger partial charge on any atom is 0.266 e. The molecule has 2 amide bonds. The SMILES string of the molecule is C.C.CC[C@H]1O[C@@H](n2cnc3c(N(C(=O)c4ccccc4)C(=O)c4ccccc4)ncnc32)[C@H](Cl)[C@@H]1C.CC[C@H]1O[C@@H](n2cnc3c(N)ncnc32)[C@H](Cl)[C@@H]1C. The Morgan fingerprint density at radius 1 is 0.679 bits per heavy atom. The molecule has 2 saturated heterocycles. The number of hydrogen-bond acceptors (Lipinski definition) is 11. The molecule has 0 spiro atoms. The normalized spacial score (nSPS) is 24.2. The predicted molar refractivity (Wildman–Crippen MR) is 219 cm³/mol. The lowest BCUT2D eigenvalue weighted by Gasteiger charge is -2.21. The Kier molecular flexibility index (Phi) is 13.4. The fourth-order valence-corrected chi connectivity index (χ4v) is 7.70. The highest BCUT2D eigenvalue weighted by molar-refractivity contribution is 6.27. The van der Waals surface area contributed by atoms with Gasteiger partial charge in [-0.3, -0.25) is 18.7 Å². The number of nitrogens with zero attached hydrogens (tertiary/aromatic N) is 9. The van der Waals surface area contributed by atoms with Crippen LogP contribution in [0, 0.1) is 11.8 Å². The van der Waals surface area contributed by atoms with Crippen LogP contribution in [0.15, 0.2) is 86.0 Å². The molecule has 0 unspecified atom stereocenters. The summed E-state index contributed by atoms with van der Waals surface area (Å²) in [6, 6.07) is 17.2. The van der Waals surface area contributed by atoms with Crippen LogP contribution in [0.4, 0.5) is 11.6 Å². The number of ether oxygens (including phenoxy) is 2. The number of alkyl halides is 2. The van der Waals surface area contributed by atoms with Crippen molar-refractivity contribution in [2.75, 3.05) is 10.6 Å². The van der Waals surface area contributed by atoms with E-state index in [-0.39, 0.29) is 61.7 Å². The van der Waals surface area contributed by atoms with Crippen LogP contribution in [0.5, 0.6) is 0 Å². The van der Waals surface area contributed by atoms with E-state index < -0.39 is 18.0 Å². The van der Waals surface area contributed by atoms with Crippen LogP contribution < -0.4 is 10.6 Å². The van der Waals surface area contributed by atoms with E-state index in [0.717, 1.165) is 17.7 Å². The minimum absolute atomic E-state index is 0. The number of imide groups is 1. The first-order valence-electron chi connectivity index (χ1n) is 17.8. The molecule has 2 aliphatic rings. The number of halogens is 2. The van der Waals surface area contributed by atoms with Crippen LogP contribution in [-0.2, 0) is 9.47 Å². The Labute approximate surface area is 336 Å². The minimum atomic E-state index is -0.513. The lowest BCUT2D eigenvalue weighted by atomic mass is 10.0. The van der Waals surface area contributed by atoms with Gasteiger partial charge in [0.2, 0.25) is 0 Å². The number of carbonyl (C=O) groups is 2. The van der Waals surface area contributed by atoms with Crippen LogP contribution in [-0.4, -0.2) is 73.8 Å². The maximum atomic E-state index is 13.6. The van der Waals surface area contributed by atoms with E-state index in [4.69, 9.17) is 38.4 Å². The number of benzene rings is 2. The van der Waals surface area contributed by atoms with Crippen molar-refractivity contribution in [3.05, 3.63) is 97.1 Å². The number of fused-ring (bicyclic) bond motifs is 2. The summed E-state index contributed by atoms with van der Waals surface area (Å²) in [6.45, 7) is 8.32. The van der Waals surface area contributed by atoms with Gasteiger partial charge in [-0.25, -0.2) is 34.8 Å². The van der Waals surface area contributed by atoms with E-state index in [2.05, 4.69) is 57.6 Å². The first-order valence-corrected chi connectivity index (χ1v) is 18.7. The second kappa shape index (κ2) is 17.8. The summed E-state index contributed by atoms with van der Waals surface area (Å²) < 4.78 is 15.8. The number of carbonyl (C=O) groups excluding carboxylic acids is 2. The molecule has 16 heteroatoms. The molecule has 2 fully saturated rings. The average Bonchev–Trinajstić information content (AvgIpc) is 3.97. The summed E-state index contributed by atoms with van der Waals surface area (Å²) in [4.78, 5) is 53.9. The van der Waals surface area contributed by atoms with E-state index in [0.29, 0.717) is 39.3 Å². The van der Waals surface area contributed by atoms with Crippen molar-refractivity contribution in [3.8, 4) is 0 Å². The van der Waals surface area contributed by atoms with Crippen molar-refractivity contribution in [2.45, 2.75) is 90.8 Å². The molecule has 14 nitrogen and oxygen atoms in total. The molecule has 4 aromatic heterocycles. The van der Waals surface area contributed by atoms with E-state index in [1.54, 1.807) is 77.9 Å². The van der Waals surface area contributed by atoms with Gasteiger partial charge < -0.3 is 15.2 Å². The summed E-state index contributed by atoms with van der Waals surface area (Å²) in [5, 5.41) is -0.401. The van der Waals surface area contributed by atoms with Gasteiger partial charge >= 0.3 is 0 Å². The van der Waals surface area contributed by atoms with Gasteiger partial charge in [0, 0.05) is 23.0 Å². The van der Waals surface area contributed by atoms with Crippen molar-refractivity contribution >= 4 is 69.0 Å². The van der Waals surface area contributed by atoms with Crippen molar-refractivity contribution in [2.24, 2.45) is 11.8 Å².